The number of rotatable bonds is 6. The van der Waals surface area contributed by atoms with Gasteiger partial charge in [-0.1, -0.05) is 12.1 Å². The van der Waals surface area contributed by atoms with Crippen LogP contribution >= 0.6 is 0 Å². The van der Waals surface area contributed by atoms with Gasteiger partial charge in [0.05, 0.1) is 18.7 Å². The van der Waals surface area contributed by atoms with Gasteiger partial charge in [-0.3, -0.25) is 4.98 Å². The van der Waals surface area contributed by atoms with Crippen molar-refractivity contribution >= 4 is 11.0 Å². The van der Waals surface area contributed by atoms with Crippen LogP contribution in [0.25, 0.3) is 11.0 Å². The van der Waals surface area contributed by atoms with Crippen LogP contribution < -0.4 is 4.74 Å². The molecule has 0 radical (unpaired) electrons. The second kappa shape index (κ2) is 7.89. The lowest BCUT2D eigenvalue weighted by molar-refractivity contribution is 0.392. The molecule has 0 bridgehead atoms. The van der Waals surface area contributed by atoms with Crippen molar-refractivity contribution in [2.24, 2.45) is 0 Å². The molecule has 4 heterocycles. The SMILES string of the molecule is COc1ncccc1CCc1ccc(Cc2c[nH]c3nccc(C#N)c23)cn1. The molecule has 4 aromatic rings. The Kier molecular flexibility index (Phi) is 4.98. The Bertz CT molecular complexity index is 1140. The molecule has 0 aliphatic carbocycles. The zero-order chi connectivity index (χ0) is 19.3. The number of aromatic nitrogens is 4. The van der Waals surface area contributed by atoms with Gasteiger partial charge in [0.25, 0.3) is 0 Å². The molecule has 0 unspecified atom stereocenters. The van der Waals surface area contributed by atoms with Crippen LogP contribution in [0.5, 0.6) is 5.88 Å². The van der Waals surface area contributed by atoms with Crippen molar-refractivity contribution in [2.75, 3.05) is 7.11 Å². The second-order valence-electron chi connectivity index (χ2n) is 6.51. The van der Waals surface area contributed by atoms with E-state index < -0.39 is 0 Å². The van der Waals surface area contributed by atoms with Gasteiger partial charge < -0.3 is 9.72 Å². The van der Waals surface area contributed by atoms with Crippen LogP contribution in [0, 0.1) is 11.3 Å². The fourth-order valence-corrected chi connectivity index (χ4v) is 3.34. The third kappa shape index (κ3) is 3.55. The van der Waals surface area contributed by atoms with Gasteiger partial charge in [0, 0.05) is 47.9 Å². The average molecular weight is 369 g/mol. The number of methoxy groups -OCH3 is 1. The van der Waals surface area contributed by atoms with Crippen molar-refractivity contribution < 1.29 is 4.74 Å². The maximum absolute atomic E-state index is 9.35. The highest BCUT2D eigenvalue weighted by atomic mass is 16.5. The Balaban J connectivity index is 1.48. The quantitative estimate of drug-likeness (QED) is 0.561. The van der Waals surface area contributed by atoms with Crippen molar-refractivity contribution in [1.82, 2.24) is 19.9 Å². The lowest BCUT2D eigenvalue weighted by atomic mass is 10.0. The summed E-state index contributed by atoms with van der Waals surface area (Å²) in [4.78, 5) is 16.3. The molecular weight excluding hydrogens is 350 g/mol. The van der Waals surface area contributed by atoms with Crippen LogP contribution in [0.15, 0.2) is 55.1 Å². The molecule has 0 atom stereocenters. The molecule has 0 saturated carbocycles. The van der Waals surface area contributed by atoms with E-state index in [1.807, 2.05) is 24.5 Å². The van der Waals surface area contributed by atoms with Gasteiger partial charge in [-0.15, -0.1) is 0 Å². The molecule has 0 saturated heterocycles. The molecule has 0 aliphatic heterocycles. The van der Waals surface area contributed by atoms with Gasteiger partial charge in [0.2, 0.25) is 5.88 Å². The minimum Gasteiger partial charge on any atom is -0.481 e. The van der Waals surface area contributed by atoms with Gasteiger partial charge in [-0.05, 0) is 42.2 Å². The highest BCUT2D eigenvalue weighted by Crippen LogP contribution is 2.23. The molecule has 0 spiro atoms. The fraction of sp³-hybridized carbons (Fsp3) is 0.182. The van der Waals surface area contributed by atoms with Gasteiger partial charge in [0.1, 0.15) is 5.65 Å². The van der Waals surface area contributed by atoms with Crippen LogP contribution in [-0.4, -0.2) is 27.0 Å². The van der Waals surface area contributed by atoms with E-state index in [1.165, 1.54) is 0 Å². The monoisotopic (exact) mass is 369 g/mol. The first-order chi connectivity index (χ1) is 13.8. The maximum atomic E-state index is 9.35. The van der Waals surface area contributed by atoms with E-state index in [1.54, 1.807) is 25.6 Å². The van der Waals surface area contributed by atoms with Gasteiger partial charge >= 0.3 is 0 Å². The Morgan fingerprint density at radius 1 is 1.04 bits per heavy atom. The molecule has 0 aliphatic rings. The summed E-state index contributed by atoms with van der Waals surface area (Å²) in [6.45, 7) is 0. The van der Waals surface area contributed by atoms with Crippen LogP contribution in [0.2, 0.25) is 0 Å². The van der Waals surface area contributed by atoms with E-state index in [9.17, 15) is 5.26 Å². The summed E-state index contributed by atoms with van der Waals surface area (Å²) in [5.74, 6) is 0.667. The number of hydrogen-bond donors (Lipinski definition) is 1. The van der Waals surface area contributed by atoms with E-state index in [2.05, 4.69) is 38.1 Å². The minimum atomic E-state index is 0.635. The van der Waals surface area contributed by atoms with Gasteiger partial charge in [-0.2, -0.15) is 5.26 Å². The summed E-state index contributed by atoms with van der Waals surface area (Å²) in [6.07, 6.45) is 9.53. The summed E-state index contributed by atoms with van der Waals surface area (Å²) >= 11 is 0. The molecule has 28 heavy (non-hydrogen) atoms. The average Bonchev–Trinajstić information content (AvgIpc) is 3.16. The maximum Gasteiger partial charge on any atom is 0.216 e. The lowest BCUT2D eigenvalue weighted by Gasteiger charge is -2.07. The van der Waals surface area contributed by atoms with E-state index in [0.717, 1.165) is 46.3 Å². The smallest absolute Gasteiger partial charge is 0.216 e. The normalized spacial score (nSPS) is 10.7. The van der Waals surface area contributed by atoms with Crippen LogP contribution in [0.4, 0.5) is 0 Å². The standard InChI is InChI=1S/C22H19N5O/c1-28-22-16(3-2-9-25-22)5-7-19-6-4-15(13-26-19)11-18-14-27-21-20(18)17(12-23)8-10-24-21/h2-4,6,8-10,13-14H,5,7,11H2,1H3,(H,24,27). The highest BCUT2D eigenvalue weighted by Gasteiger charge is 2.10. The number of H-pyrrole nitrogens is 1. The fourth-order valence-electron chi connectivity index (χ4n) is 3.34. The molecule has 138 valence electrons. The number of pyridine rings is 3. The minimum absolute atomic E-state index is 0.635. The van der Waals surface area contributed by atoms with Crippen molar-refractivity contribution in [2.45, 2.75) is 19.3 Å². The zero-order valence-corrected chi connectivity index (χ0v) is 15.5. The first-order valence-corrected chi connectivity index (χ1v) is 9.05. The van der Waals surface area contributed by atoms with Crippen molar-refractivity contribution in [1.29, 1.82) is 5.26 Å². The van der Waals surface area contributed by atoms with Crippen molar-refractivity contribution in [3.8, 4) is 11.9 Å². The van der Waals surface area contributed by atoms with Crippen molar-refractivity contribution in [3.05, 3.63) is 83.1 Å². The lowest BCUT2D eigenvalue weighted by Crippen LogP contribution is -1.99. The molecule has 4 rings (SSSR count). The predicted octanol–water partition coefficient (Wildman–Crippen LogP) is 3.61. The van der Waals surface area contributed by atoms with Crippen LogP contribution in [0.1, 0.15) is 27.9 Å². The van der Waals surface area contributed by atoms with E-state index in [0.29, 0.717) is 17.9 Å². The Morgan fingerprint density at radius 2 is 1.96 bits per heavy atom. The topological polar surface area (TPSA) is 87.5 Å². The summed E-state index contributed by atoms with van der Waals surface area (Å²) in [5.41, 5.74) is 5.62. The van der Waals surface area contributed by atoms with Crippen molar-refractivity contribution in [3.63, 3.8) is 0 Å². The number of hydrogen-bond acceptors (Lipinski definition) is 5. The number of aromatic amines is 1. The second-order valence-corrected chi connectivity index (χ2v) is 6.51. The first kappa shape index (κ1) is 17.7. The number of nitrogens with zero attached hydrogens (tertiary/aromatic N) is 4. The molecule has 1 N–H and O–H groups in total. The largest absolute Gasteiger partial charge is 0.481 e. The van der Waals surface area contributed by atoms with E-state index in [-0.39, 0.29) is 0 Å². The highest BCUT2D eigenvalue weighted by molar-refractivity contribution is 5.86. The van der Waals surface area contributed by atoms with E-state index in [4.69, 9.17) is 4.74 Å². The number of ether oxygens (including phenoxy) is 1. The number of nitrogens with one attached hydrogen (secondary N) is 1. The molecule has 0 amide bonds. The summed E-state index contributed by atoms with van der Waals surface area (Å²) in [5, 5.41) is 10.2. The van der Waals surface area contributed by atoms with Gasteiger partial charge in [-0.25, -0.2) is 9.97 Å². The summed E-state index contributed by atoms with van der Waals surface area (Å²) < 4.78 is 5.30. The van der Waals surface area contributed by atoms with Crippen LogP contribution in [0.3, 0.4) is 0 Å². The Labute approximate surface area is 162 Å². The van der Waals surface area contributed by atoms with E-state index >= 15 is 0 Å². The zero-order valence-electron chi connectivity index (χ0n) is 15.5. The molecule has 4 aromatic heterocycles. The van der Waals surface area contributed by atoms with Crippen LogP contribution in [-0.2, 0) is 19.3 Å². The predicted molar refractivity (Wildman–Crippen MR) is 106 cm³/mol. The molecule has 0 fully saturated rings. The number of fused-ring (bicyclic) bond motifs is 1. The molecule has 6 heteroatoms. The first-order valence-electron chi connectivity index (χ1n) is 9.05. The number of nitriles is 1. The Morgan fingerprint density at radius 3 is 2.75 bits per heavy atom. The van der Waals surface area contributed by atoms with Gasteiger partial charge in [0.15, 0.2) is 0 Å². The summed E-state index contributed by atoms with van der Waals surface area (Å²) in [7, 11) is 1.64. The molecular formula is C22H19N5O. The summed E-state index contributed by atoms with van der Waals surface area (Å²) in [6, 6.07) is 12.1. The molecule has 0 aromatic carbocycles. The third-order valence-electron chi connectivity index (χ3n) is 4.75. The third-order valence-corrected chi connectivity index (χ3v) is 4.75. The Hall–Kier alpha value is -3.72. The molecule has 6 nitrogen and oxygen atoms in total. The number of aryl methyl sites for hydroxylation is 2.